The van der Waals surface area contributed by atoms with Crippen molar-refractivity contribution in [3.05, 3.63) is 65.3 Å². The van der Waals surface area contributed by atoms with Crippen molar-refractivity contribution >= 4 is 45.7 Å². The minimum atomic E-state index is -0.330. The normalized spacial score (nSPS) is 18.1. The maximum atomic E-state index is 12.6. The SMILES string of the molecule is Cc1c(Cl)cccc1NC(=O)C1CC1C(=O)Nc1cccc2cccnc12. The Morgan fingerprint density at radius 2 is 1.59 bits per heavy atom. The molecule has 0 radical (unpaired) electrons. The van der Waals surface area contributed by atoms with Gasteiger partial charge in [-0.3, -0.25) is 14.6 Å². The quantitative estimate of drug-likeness (QED) is 0.705. The van der Waals surface area contributed by atoms with Gasteiger partial charge >= 0.3 is 0 Å². The number of carbonyl (C=O) groups excluding carboxylic acids is 2. The second-order valence-corrected chi connectivity index (χ2v) is 7.13. The summed E-state index contributed by atoms with van der Waals surface area (Å²) in [5.74, 6) is -0.970. The number of rotatable bonds is 4. The lowest BCUT2D eigenvalue weighted by atomic mass is 10.1. The van der Waals surface area contributed by atoms with Crippen LogP contribution in [-0.4, -0.2) is 16.8 Å². The number of pyridine rings is 1. The second-order valence-electron chi connectivity index (χ2n) is 6.72. The van der Waals surface area contributed by atoms with Crippen LogP contribution < -0.4 is 10.6 Å². The summed E-state index contributed by atoms with van der Waals surface area (Å²) in [7, 11) is 0. The minimum Gasteiger partial charge on any atom is -0.326 e. The van der Waals surface area contributed by atoms with Crippen molar-refractivity contribution in [2.45, 2.75) is 13.3 Å². The molecule has 6 heteroatoms. The molecule has 1 fully saturated rings. The molecule has 1 heterocycles. The Balaban J connectivity index is 1.43. The third-order valence-electron chi connectivity index (χ3n) is 4.88. The molecule has 2 aromatic carbocycles. The first-order chi connectivity index (χ1) is 13.0. The standard InChI is InChI=1S/C21H18ClN3O2/c1-12-16(22)7-3-8-17(12)24-20(26)14-11-15(14)21(27)25-18-9-2-5-13-6-4-10-23-19(13)18/h2-10,14-15H,11H2,1H3,(H,24,26)(H,25,27). The van der Waals surface area contributed by atoms with Gasteiger partial charge in [0, 0.05) is 22.3 Å². The maximum absolute atomic E-state index is 12.6. The van der Waals surface area contributed by atoms with Crippen molar-refractivity contribution in [2.24, 2.45) is 11.8 Å². The highest BCUT2D eigenvalue weighted by Gasteiger charge is 2.48. The van der Waals surface area contributed by atoms with Crippen LogP contribution in [0, 0.1) is 18.8 Å². The van der Waals surface area contributed by atoms with Crippen molar-refractivity contribution in [1.29, 1.82) is 0 Å². The van der Waals surface area contributed by atoms with Gasteiger partial charge < -0.3 is 10.6 Å². The van der Waals surface area contributed by atoms with Crippen LogP contribution in [0.25, 0.3) is 10.9 Å². The topological polar surface area (TPSA) is 71.1 Å². The molecule has 3 aromatic rings. The predicted molar refractivity (Wildman–Crippen MR) is 107 cm³/mol. The Bertz CT molecular complexity index is 1050. The van der Waals surface area contributed by atoms with Gasteiger partial charge in [0.1, 0.15) is 0 Å². The van der Waals surface area contributed by atoms with E-state index in [9.17, 15) is 9.59 Å². The molecule has 2 unspecified atom stereocenters. The van der Waals surface area contributed by atoms with E-state index in [0.717, 1.165) is 16.5 Å². The number of hydrogen-bond acceptors (Lipinski definition) is 3. The molecule has 1 aliphatic rings. The van der Waals surface area contributed by atoms with Gasteiger partial charge in [-0.1, -0.05) is 35.9 Å². The molecular formula is C21H18ClN3O2. The Hall–Kier alpha value is -2.92. The number of fused-ring (bicyclic) bond motifs is 1. The summed E-state index contributed by atoms with van der Waals surface area (Å²) in [4.78, 5) is 29.4. The van der Waals surface area contributed by atoms with Crippen LogP contribution in [0.5, 0.6) is 0 Å². The molecule has 0 bridgehead atoms. The summed E-state index contributed by atoms with van der Waals surface area (Å²) in [6, 6.07) is 14.8. The highest BCUT2D eigenvalue weighted by atomic mass is 35.5. The van der Waals surface area contributed by atoms with E-state index in [0.29, 0.717) is 22.8 Å². The molecule has 1 saturated carbocycles. The third kappa shape index (κ3) is 3.51. The molecular weight excluding hydrogens is 362 g/mol. The molecule has 0 aliphatic heterocycles. The summed E-state index contributed by atoms with van der Waals surface area (Å²) in [6.45, 7) is 1.85. The van der Waals surface area contributed by atoms with Crippen LogP contribution in [0.2, 0.25) is 5.02 Å². The van der Waals surface area contributed by atoms with Gasteiger partial charge in [-0.05, 0) is 43.2 Å². The Kier molecular flexibility index (Phi) is 4.54. The predicted octanol–water partition coefficient (Wildman–Crippen LogP) is 4.41. The van der Waals surface area contributed by atoms with Crippen molar-refractivity contribution < 1.29 is 9.59 Å². The number of halogens is 1. The van der Waals surface area contributed by atoms with Gasteiger partial charge in [0.25, 0.3) is 0 Å². The molecule has 27 heavy (non-hydrogen) atoms. The number of nitrogens with zero attached hydrogens (tertiary/aromatic N) is 1. The van der Waals surface area contributed by atoms with Crippen molar-refractivity contribution in [2.75, 3.05) is 10.6 Å². The smallest absolute Gasteiger partial charge is 0.228 e. The van der Waals surface area contributed by atoms with E-state index in [1.807, 2.05) is 37.3 Å². The van der Waals surface area contributed by atoms with Gasteiger partial charge in [0.05, 0.1) is 23.0 Å². The maximum Gasteiger partial charge on any atom is 0.228 e. The average molecular weight is 380 g/mol. The molecule has 5 nitrogen and oxygen atoms in total. The first-order valence-corrected chi connectivity index (χ1v) is 9.13. The molecule has 0 saturated heterocycles. The van der Waals surface area contributed by atoms with E-state index in [2.05, 4.69) is 15.6 Å². The summed E-state index contributed by atoms with van der Waals surface area (Å²) in [5, 5.41) is 7.34. The van der Waals surface area contributed by atoms with E-state index in [-0.39, 0.29) is 23.7 Å². The molecule has 4 rings (SSSR count). The van der Waals surface area contributed by atoms with Gasteiger partial charge in [-0.25, -0.2) is 0 Å². The highest BCUT2D eigenvalue weighted by molar-refractivity contribution is 6.31. The fourth-order valence-corrected chi connectivity index (χ4v) is 3.35. The van der Waals surface area contributed by atoms with E-state index in [1.54, 1.807) is 24.4 Å². The fraction of sp³-hybridized carbons (Fsp3) is 0.190. The Labute approximate surface area is 161 Å². The largest absolute Gasteiger partial charge is 0.326 e. The van der Waals surface area contributed by atoms with Crippen molar-refractivity contribution in [3.63, 3.8) is 0 Å². The lowest BCUT2D eigenvalue weighted by molar-refractivity contribution is -0.122. The van der Waals surface area contributed by atoms with Gasteiger partial charge in [0.15, 0.2) is 0 Å². The summed E-state index contributed by atoms with van der Waals surface area (Å²) in [5.41, 5.74) is 2.90. The van der Waals surface area contributed by atoms with Gasteiger partial charge in [-0.15, -0.1) is 0 Å². The van der Waals surface area contributed by atoms with E-state index >= 15 is 0 Å². The number of anilines is 2. The number of para-hydroxylation sites is 1. The molecule has 0 spiro atoms. The number of amides is 2. The van der Waals surface area contributed by atoms with Crippen LogP contribution in [0.4, 0.5) is 11.4 Å². The van der Waals surface area contributed by atoms with Gasteiger partial charge in [0.2, 0.25) is 11.8 Å². The lowest BCUT2D eigenvalue weighted by Gasteiger charge is -2.10. The number of nitrogens with one attached hydrogen (secondary N) is 2. The van der Waals surface area contributed by atoms with Gasteiger partial charge in [-0.2, -0.15) is 0 Å². The molecule has 2 amide bonds. The summed E-state index contributed by atoms with van der Waals surface area (Å²) in [6.07, 6.45) is 2.23. The first-order valence-electron chi connectivity index (χ1n) is 8.75. The van der Waals surface area contributed by atoms with Crippen molar-refractivity contribution in [3.8, 4) is 0 Å². The second kappa shape index (κ2) is 7.00. The summed E-state index contributed by atoms with van der Waals surface area (Å²) >= 11 is 6.09. The first kappa shape index (κ1) is 17.5. The van der Waals surface area contributed by atoms with Crippen LogP contribution in [-0.2, 0) is 9.59 Å². The zero-order chi connectivity index (χ0) is 19.0. The monoisotopic (exact) mass is 379 g/mol. The van der Waals surface area contributed by atoms with Crippen LogP contribution in [0.15, 0.2) is 54.7 Å². The highest BCUT2D eigenvalue weighted by Crippen LogP contribution is 2.41. The number of carbonyl (C=O) groups is 2. The zero-order valence-corrected chi connectivity index (χ0v) is 15.5. The molecule has 1 aliphatic carbocycles. The van der Waals surface area contributed by atoms with E-state index < -0.39 is 0 Å². The molecule has 2 atom stereocenters. The number of aromatic nitrogens is 1. The van der Waals surface area contributed by atoms with Crippen LogP contribution in [0.3, 0.4) is 0 Å². The number of benzene rings is 2. The Morgan fingerprint density at radius 3 is 2.37 bits per heavy atom. The lowest BCUT2D eigenvalue weighted by Crippen LogP contribution is -2.21. The van der Waals surface area contributed by atoms with E-state index in [1.165, 1.54) is 0 Å². The molecule has 1 aromatic heterocycles. The third-order valence-corrected chi connectivity index (χ3v) is 5.29. The number of hydrogen-bond donors (Lipinski definition) is 2. The van der Waals surface area contributed by atoms with Crippen LogP contribution in [0.1, 0.15) is 12.0 Å². The van der Waals surface area contributed by atoms with E-state index in [4.69, 9.17) is 11.6 Å². The van der Waals surface area contributed by atoms with Crippen molar-refractivity contribution in [1.82, 2.24) is 4.98 Å². The fourth-order valence-electron chi connectivity index (χ4n) is 3.17. The Morgan fingerprint density at radius 1 is 0.963 bits per heavy atom. The average Bonchev–Trinajstić information content (AvgIpc) is 3.47. The minimum absolute atomic E-state index is 0.156. The summed E-state index contributed by atoms with van der Waals surface area (Å²) < 4.78 is 0. The van der Waals surface area contributed by atoms with Crippen LogP contribution >= 0.6 is 11.6 Å². The molecule has 136 valence electrons. The molecule has 2 N–H and O–H groups in total. The zero-order valence-electron chi connectivity index (χ0n) is 14.7.